The van der Waals surface area contributed by atoms with Gasteiger partial charge in [0, 0.05) is 56.9 Å². The minimum atomic E-state index is -0.321. The Bertz CT molecular complexity index is 1390. The summed E-state index contributed by atoms with van der Waals surface area (Å²) in [5.41, 5.74) is 2.77. The first kappa shape index (κ1) is 27.4. The summed E-state index contributed by atoms with van der Waals surface area (Å²) in [6, 6.07) is 17.7. The Labute approximate surface area is 238 Å². The molecule has 3 aromatic rings. The zero-order chi connectivity index (χ0) is 27.9. The lowest BCUT2D eigenvalue weighted by molar-refractivity contribution is 0.0761. The number of carbonyl (C=O) groups is 3. The molecule has 9 nitrogen and oxygen atoms in total. The number of benzene rings is 2. The third-order valence-electron chi connectivity index (χ3n) is 7.25. The Morgan fingerprint density at radius 1 is 0.825 bits per heavy atom. The molecule has 3 amide bonds. The SMILES string of the molecule is N#Cc1ccc(C(=O)Nc2cc(C(=O)N3CCCNCC3)ccc2N2CCCN(C(=O)c3cccs3)CC2)cc1. The maximum Gasteiger partial charge on any atom is 0.263 e. The number of carbonyl (C=O) groups excluding carboxylic acids is 3. The molecule has 0 radical (unpaired) electrons. The van der Waals surface area contributed by atoms with Crippen molar-refractivity contribution in [1.82, 2.24) is 15.1 Å². The first-order chi connectivity index (χ1) is 19.5. The highest BCUT2D eigenvalue weighted by atomic mass is 32.1. The molecule has 3 heterocycles. The third-order valence-corrected chi connectivity index (χ3v) is 8.11. The fourth-order valence-corrected chi connectivity index (χ4v) is 5.78. The topological polar surface area (TPSA) is 109 Å². The van der Waals surface area contributed by atoms with Gasteiger partial charge in [-0.25, -0.2) is 0 Å². The van der Waals surface area contributed by atoms with Crippen molar-refractivity contribution in [2.24, 2.45) is 0 Å². The van der Waals surface area contributed by atoms with Gasteiger partial charge in [0.25, 0.3) is 17.7 Å². The van der Waals surface area contributed by atoms with Crippen molar-refractivity contribution in [2.45, 2.75) is 12.8 Å². The molecule has 0 saturated carbocycles. The summed E-state index contributed by atoms with van der Waals surface area (Å²) < 4.78 is 0. The molecule has 5 rings (SSSR count). The summed E-state index contributed by atoms with van der Waals surface area (Å²) in [7, 11) is 0. The van der Waals surface area contributed by atoms with Gasteiger partial charge in [-0.05, 0) is 73.3 Å². The van der Waals surface area contributed by atoms with Gasteiger partial charge in [0.1, 0.15) is 0 Å². The van der Waals surface area contributed by atoms with E-state index in [2.05, 4.69) is 21.6 Å². The monoisotopic (exact) mass is 556 g/mol. The predicted octanol–water partition coefficient (Wildman–Crippen LogP) is 3.66. The number of rotatable bonds is 5. The number of nitrogens with one attached hydrogen (secondary N) is 2. The summed E-state index contributed by atoms with van der Waals surface area (Å²) in [6.45, 7) is 5.46. The van der Waals surface area contributed by atoms with E-state index in [1.165, 1.54) is 11.3 Å². The highest BCUT2D eigenvalue weighted by molar-refractivity contribution is 7.12. The molecule has 0 spiro atoms. The second-order valence-electron chi connectivity index (χ2n) is 9.88. The van der Waals surface area contributed by atoms with E-state index >= 15 is 0 Å². The number of thiophene rings is 1. The van der Waals surface area contributed by atoms with Gasteiger partial charge in [-0.1, -0.05) is 6.07 Å². The van der Waals surface area contributed by atoms with E-state index in [4.69, 9.17) is 5.26 Å². The van der Waals surface area contributed by atoms with Crippen LogP contribution in [0.15, 0.2) is 60.0 Å². The van der Waals surface area contributed by atoms with Crippen molar-refractivity contribution >= 4 is 40.4 Å². The van der Waals surface area contributed by atoms with Gasteiger partial charge in [-0.3, -0.25) is 14.4 Å². The predicted molar refractivity (Wildman–Crippen MR) is 156 cm³/mol. The van der Waals surface area contributed by atoms with E-state index in [0.717, 1.165) is 36.5 Å². The molecule has 0 aliphatic carbocycles. The number of hydrogen-bond donors (Lipinski definition) is 2. The smallest absolute Gasteiger partial charge is 0.263 e. The molecule has 0 unspecified atom stereocenters. The van der Waals surface area contributed by atoms with Crippen LogP contribution in [0.3, 0.4) is 0 Å². The molecule has 10 heteroatoms. The quantitative estimate of drug-likeness (QED) is 0.497. The number of nitrogens with zero attached hydrogens (tertiary/aromatic N) is 4. The lowest BCUT2D eigenvalue weighted by Gasteiger charge is -2.27. The molecule has 2 aliphatic rings. The highest BCUT2D eigenvalue weighted by Gasteiger charge is 2.24. The van der Waals surface area contributed by atoms with Crippen LogP contribution >= 0.6 is 11.3 Å². The molecule has 0 bridgehead atoms. The Balaban J connectivity index is 1.40. The van der Waals surface area contributed by atoms with Crippen molar-refractivity contribution < 1.29 is 14.4 Å². The molecule has 206 valence electrons. The zero-order valence-electron chi connectivity index (χ0n) is 22.3. The molecule has 0 atom stereocenters. The summed E-state index contributed by atoms with van der Waals surface area (Å²) >= 11 is 1.45. The van der Waals surface area contributed by atoms with Crippen LogP contribution in [0.5, 0.6) is 0 Å². The highest BCUT2D eigenvalue weighted by Crippen LogP contribution is 2.30. The van der Waals surface area contributed by atoms with E-state index in [-0.39, 0.29) is 17.7 Å². The van der Waals surface area contributed by atoms with Gasteiger partial charge in [0.05, 0.1) is 27.9 Å². The van der Waals surface area contributed by atoms with Crippen molar-refractivity contribution in [3.63, 3.8) is 0 Å². The molecule has 1 aromatic heterocycles. The Morgan fingerprint density at radius 2 is 1.60 bits per heavy atom. The Morgan fingerprint density at radius 3 is 2.38 bits per heavy atom. The van der Waals surface area contributed by atoms with Crippen LogP contribution < -0.4 is 15.5 Å². The largest absolute Gasteiger partial charge is 0.368 e. The standard InChI is InChI=1S/C30H32N6O3S/c31-21-22-5-7-23(8-6-22)28(37)33-25-20-24(29(38)35-13-2-11-32-12-16-35)9-10-26(25)34-14-3-15-36(18-17-34)30(39)27-4-1-19-40-27/h1,4-10,19-20,32H,2-3,11-18H2,(H,33,37). The van der Waals surface area contributed by atoms with Gasteiger partial charge < -0.3 is 25.3 Å². The van der Waals surface area contributed by atoms with E-state index in [0.29, 0.717) is 61.6 Å². The number of amides is 3. The molecular weight excluding hydrogens is 524 g/mol. The fraction of sp³-hybridized carbons (Fsp3) is 0.333. The van der Waals surface area contributed by atoms with E-state index in [1.807, 2.05) is 39.4 Å². The van der Waals surface area contributed by atoms with Crippen molar-refractivity contribution in [3.05, 3.63) is 81.5 Å². The number of nitriles is 1. The minimum Gasteiger partial charge on any atom is -0.368 e. The van der Waals surface area contributed by atoms with Crippen LogP contribution in [0, 0.1) is 11.3 Å². The van der Waals surface area contributed by atoms with Crippen LogP contribution in [0.1, 0.15) is 48.8 Å². The van der Waals surface area contributed by atoms with Crippen LogP contribution in [0.25, 0.3) is 0 Å². The maximum absolute atomic E-state index is 13.4. The Hall–Kier alpha value is -4.20. The lowest BCUT2D eigenvalue weighted by Crippen LogP contribution is -2.35. The third kappa shape index (κ3) is 6.33. The average Bonchev–Trinajstić information content (AvgIpc) is 3.23. The maximum atomic E-state index is 13.4. The van der Waals surface area contributed by atoms with Crippen LogP contribution in [0.2, 0.25) is 0 Å². The molecular formula is C30H32N6O3S. The van der Waals surface area contributed by atoms with Crippen LogP contribution in [0.4, 0.5) is 11.4 Å². The van der Waals surface area contributed by atoms with Gasteiger partial charge in [-0.15, -0.1) is 11.3 Å². The summed E-state index contributed by atoms with van der Waals surface area (Å²) in [6.07, 6.45) is 1.67. The number of anilines is 2. The fourth-order valence-electron chi connectivity index (χ4n) is 5.08. The molecule has 2 fully saturated rings. The van der Waals surface area contributed by atoms with Gasteiger partial charge in [-0.2, -0.15) is 5.26 Å². The Kier molecular flexibility index (Phi) is 8.74. The molecule has 2 saturated heterocycles. The molecule has 2 aromatic carbocycles. The van der Waals surface area contributed by atoms with Gasteiger partial charge in [0.15, 0.2) is 0 Å². The van der Waals surface area contributed by atoms with Gasteiger partial charge >= 0.3 is 0 Å². The van der Waals surface area contributed by atoms with E-state index in [1.54, 1.807) is 30.3 Å². The lowest BCUT2D eigenvalue weighted by atomic mass is 10.1. The first-order valence-electron chi connectivity index (χ1n) is 13.6. The van der Waals surface area contributed by atoms with Gasteiger partial charge in [0.2, 0.25) is 0 Å². The van der Waals surface area contributed by atoms with Crippen molar-refractivity contribution in [2.75, 3.05) is 62.6 Å². The summed E-state index contributed by atoms with van der Waals surface area (Å²) in [4.78, 5) is 46.2. The van der Waals surface area contributed by atoms with E-state index < -0.39 is 0 Å². The normalized spacial score (nSPS) is 16.0. The summed E-state index contributed by atoms with van der Waals surface area (Å²) in [5.74, 6) is -0.342. The van der Waals surface area contributed by atoms with E-state index in [9.17, 15) is 14.4 Å². The van der Waals surface area contributed by atoms with Crippen LogP contribution in [-0.4, -0.2) is 79.9 Å². The molecule has 2 aliphatic heterocycles. The zero-order valence-corrected chi connectivity index (χ0v) is 23.1. The minimum absolute atomic E-state index is 0.0408. The second-order valence-corrected chi connectivity index (χ2v) is 10.8. The first-order valence-corrected chi connectivity index (χ1v) is 14.4. The average molecular weight is 557 g/mol. The number of hydrogen-bond acceptors (Lipinski definition) is 7. The second kappa shape index (κ2) is 12.8. The molecule has 2 N–H and O–H groups in total. The summed E-state index contributed by atoms with van der Waals surface area (Å²) in [5, 5.41) is 17.4. The van der Waals surface area contributed by atoms with Crippen molar-refractivity contribution in [1.29, 1.82) is 5.26 Å². The van der Waals surface area contributed by atoms with Crippen LogP contribution in [-0.2, 0) is 0 Å². The van der Waals surface area contributed by atoms with Crippen molar-refractivity contribution in [3.8, 4) is 6.07 Å². The molecule has 40 heavy (non-hydrogen) atoms.